The van der Waals surface area contributed by atoms with Crippen molar-refractivity contribution in [1.82, 2.24) is 10.2 Å². The van der Waals surface area contributed by atoms with Crippen LogP contribution in [-0.2, 0) is 28.7 Å². The number of imide groups is 1. The van der Waals surface area contributed by atoms with Gasteiger partial charge in [0, 0.05) is 19.2 Å². The molecule has 0 rings (SSSR count). The highest BCUT2D eigenvalue weighted by Crippen LogP contribution is 2.14. The van der Waals surface area contributed by atoms with E-state index < -0.39 is 47.7 Å². The lowest BCUT2D eigenvalue weighted by atomic mass is 10.0. The molecule has 0 bridgehead atoms. The van der Waals surface area contributed by atoms with Crippen LogP contribution in [0.15, 0.2) is 0 Å². The molecular formula is C31H55N3O9S. The quantitative estimate of drug-likeness (QED) is 0.0513. The molecule has 2 atom stereocenters. The fourth-order valence-electron chi connectivity index (χ4n) is 4.40. The zero-order valence-corrected chi connectivity index (χ0v) is 27.5. The Balaban J connectivity index is 4.10. The van der Waals surface area contributed by atoms with Crippen LogP contribution in [0.4, 0.5) is 4.79 Å². The van der Waals surface area contributed by atoms with Crippen LogP contribution in [0.5, 0.6) is 0 Å². The number of ketones is 1. The molecule has 0 fully saturated rings. The molecule has 3 amide bonds. The van der Waals surface area contributed by atoms with Crippen LogP contribution in [0.2, 0.25) is 0 Å². The number of carbonyl (C=O) groups excluding carboxylic acids is 4. The summed E-state index contributed by atoms with van der Waals surface area (Å²) in [4.78, 5) is 71.2. The van der Waals surface area contributed by atoms with Crippen LogP contribution in [0, 0.1) is 0 Å². The van der Waals surface area contributed by atoms with Crippen LogP contribution < -0.4 is 11.1 Å². The first-order valence-electron chi connectivity index (χ1n) is 16.1. The molecule has 0 saturated carbocycles. The van der Waals surface area contributed by atoms with E-state index >= 15 is 0 Å². The van der Waals surface area contributed by atoms with Gasteiger partial charge in [0.25, 0.3) is 5.91 Å². The molecule has 0 aliphatic heterocycles. The molecule has 0 aliphatic carbocycles. The first-order chi connectivity index (χ1) is 21.0. The molecule has 0 radical (unpaired) electrons. The summed E-state index contributed by atoms with van der Waals surface area (Å²) in [6.45, 7) is 2.39. The Hall–Kier alpha value is -2.67. The highest BCUT2D eigenvalue weighted by Gasteiger charge is 2.28. The monoisotopic (exact) mass is 645 g/mol. The van der Waals surface area contributed by atoms with E-state index in [1.54, 1.807) is 0 Å². The topological polar surface area (TPSA) is 193 Å². The number of thioether (sulfide) groups is 1. The Bertz CT molecular complexity index is 872. The number of nitrogens with zero attached hydrogens (tertiary/aromatic N) is 1. The number of ether oxygens (including phenoxy) is 1. The Kier molecular flexibility index (Phi) is 25.1. The zero-order chi connectivity index (χ0) is 33.2. The molecule has 0 aromatic carbocycles. The fraction of sp³-hybridized carbons (Fsp3) is 0.806. The van der Waals surface area contributed by atoms with E-state index in [0.29, 0.717) is 11.3 Å². The highest BCUT2D eigenvalue weighted by atomic mass is 32.2. The number of hydrogen-bond donors (Lipinski definition) is 4. The number of likely N-dealkylation sites (N-methyl/N-ethyl adjacent to an activating group) is 1. The largest absolute Gasteiger partial charge is 0.480 e. The highest BCUT2D eigenvalue weighted by molar-refractivity contribution is 8.00. The third kappa shape index (κ3) is 21.9. The lowest BCUT2D eigenvalue weighted by Crippen LogP contribution is -2.50. The summed E-state index contributed by atoms with van der Waals surface area (Å²) in [6.07, 6.45) is 17.6. The number of unbranched alkanes of at least 4 members (excludes halogenated alkanes) is 15. The smallest absolute Gasteiger partial charge is 0.413 e. The van der Waals surface area contributed by atoms with Gasteiger partial charge in [-0.1, -0.05) is 103 Å². The van der Waals surface area contributed by atoms with Gasteiger partial charge in [-0.05, 0) is 12.8 Å². The molecule has 0 heterocycles. The van der Waals surface area contributed by atoms with Gasteiger partial charge in [0.05, 0.1) is 12.4 Å². The molecule has 44 heavy (non-hydrogen) atoms. The SMILES string of the molecule is CCCCCCCCCCCCCCCCCCOC(=O)C(=O)CSCC(NC(=O)CCC(N)C(=O)O)C(=O)N(C)C(=O)O. The lowest BCUT2D eigenvalue weighted by Gasteiger charge is -2.21. The molecule has 254 valence electrons. The van der Waals surface area contributed by atoms with Crippen LogP contribution in [0.1, 0.15) is 122 Å². The maximum absolute atomic E-state index is 12.5. The number of esters is 1. The normalized spacial score (nSPS) is 12.2. The number of hydrogen-bond acceptors (Lipinski definition) is 9. The summed E-state index contributed by atoms with van der Waals surface area (Å²) < 4.78 is 5.05. The van der Waals surface area contributed by atoms with Crippen molar-refractivity contribution in [3.8, 4) is 0 Å². The van der Waals surface area contributed by atoms with Gasteiger partial charge in [0.2, 0.25) is 11.7 Å². The minimum absolute atomic E-state index is 0.146. The third-order valence-corrected chi connectivity index (χ3v) is 8.26. The van der Waals surface area contributed by atoms with E-state index in [0.717, 1.165) is 38.1 Å². The molecule has 0 aromatic heterocycles. The first-order valence-corrected chi connectivity index (χ1v) is 17.2. The second-order valence-corrected chi connectivity index (χ2v) is 12.2. The fourth-order valence-corrected chi connectivity index (χ4v) is 5.29. The minimum Gasteiger partial charge on any atom is -0.480 e. The average Bonchev–Trinajstić information content (AvgIpc) is 2.99. The van der Waals surface area contributed by atoms with Crippen molar-refractivity contribution in [1.29, 1.82) is 0 Å². The van der Waals surface area contributed by atoms with Gasteiger partial charge >= 0.3 is 18.0 Å². The molecule has 0 saturated heterocycles. The number of carboxylic acids is 1. The van der Waals surface area contributed by atoms with Crippen molar-refractivity contribution >= 4 is 47.4 Å². The van der Waals surface area contributed by atoms with Gasteiger partial charge < -0.3 is 26.0 Å². The number of rotatable bonds is 28. The summed E-state index contributed by atoms with van der Waals surface area (Å²) in [5, 5.41) is 20.3. The molecule has 12 nitrogen and oxygen atoms in total. The Labute approximate surface area is 266 Å². The van der Waals surface area contributed by atoms with Crippen molar-refractivity contribution in [2.24, 2.45) is 5.73 Å². The number of Topliss-reactive ketones (excluding diaryl/α,β-unsaturated/α-hetero) is 1. The van der Waals surface area contributed by atoms with E-state index in [2.05, 4.69) is 12.2 Å². The second kappa shape index (κ2) is 26.7. The molecular weight excluding hydrogens is 590 g/mol. The Morgan fingerprint density at radius 2 is 1.27 bits per heavy atom. The predicted molar refractivity (Wildman–Crippen MR) is 170 cm³/mol. The van der Waals surface area contributed by atoms with Crippen LogP contribution in [0.25, 0.3) is 0 Å². The van der Waals surface area contributed by atoms with Crippen molar-refractivity contribution in [2.45, 2.75) is 135 Å². The van der Waals surface area contributed by atoms with Gasteiger partial charge in [-0.15, -0.1) is 0 Å². The number of carboxylic acid groups (broad SMARTS) is 2. The molecule has 0 aliphatic rings. The number of carbonyl (C=O) groups is 6. The van der Waals surface area contributed by atoms with E-state index in [1.165, 1.54) is 77.0 Å². The maximum atomic E-state index is 12.5. The standard InChI is InChI=1S/C31H55N3O9S/c1-3-4-5-6-7-8-9-10-11-12-13-14-15-16-17-18-21-43-30(40)26(35)23-44-22-25(28(37)34(2)31(41)42)33-27(36)20-19-24(32)29(38)39/h24-25H,3-23,32H2,1-2H3,(H,33,36)(H,38,39)(H,41,42). The van der Waals surface area contributed by atoms with Crippen molar-refractivity contribution in [3.05, 3.63) is 0 Å². The van der Waals surface area contributed by atoms with Crippen LogP contribution >= 0.6 is 11.8 Å². The van der Waals surface area contributed by atoms with Crippen molar-refractivity contribution in [3.63, 3.8) is 0 Å². The van der Waals surface area contributed by atoms with Gasteiger partial charge in [-0.3, -0.25) is 19.2 Å². The number of nitrogens with one attached hydrogen (secondary N) is 1. The molecule has 13 heteroatoms. The summed E-state index contributed by atoms with van der Waals surface area (Å²) >= 11 is 0.867. The van der Waals surface area contributed by atoms with Gasteiger partial charge in [0.1, 0.15) is 12.1 Å². The van der Waals surface area contributed by atoms with E-state index in [-0.39, 0.29) is 31.0 Å². The zero-order valence-electron chi connectivity index (χ0n) is 26.7. The molecule has 0 aromatic rings. The van der Waals surface area contributed by atoms with E-state index in [1.807, 2.05) is 0 Å². The van der Waals surface area contributed by atoms with Gasteiger partial charge in [-0.25, -0.2) is 14.5 Å². The summed E-state index contributed by atoms with van der Waals surface area (Å²) in [7, 11) is 1.01. The van der Waals surface area contributed by atoms with Gasteiger partial charge in [0.15, 0.2) is 0 Å². The summed E-state index contributed by atoms with van der Waals surface area (Å²) in [6, 6.07) is -2.59. The van der Waals surface area contributed by atoms with Crippen molar-refractivity contribution < 1.29 is 43.7 Å². The molecule has 2 unspecified atom stereocenters. The number of nitrogens with two attached hydrogens (primary N) is 1. The second-order valence-electron chi connectivity index (χ2n) is 11.2. The van der Waals surface area contributed by atoms with Crippen molar-refractivity contribution in [2.75, 3.05) is 25.2 Å². The Morgan fingerprint density at radius 1 is 0.795 bits per heavy atom. The predicted octanol–water partition coefficient (Wildman–Crippen LogP) is 4.91. The first kappa shape index (κ1) is 41.3. The summed E-state index contributed by atoms with van der Waals surface area (Å²) in [5.41, 5.74) is 5.38. The van der Waals surface area contributed by atoms with Gasteiger partial charge in [-0.2, -0.15) is 11.8 Å². The Morgan fingerprint density at radius 3 is 1.73 bits per heavy atom. The van der Waals surface area contributed by atoms with Crippen LogP contribution in [-0.4, -0.2) is 88.0 Å². The van der Waals surface area contributed by atoms with Crippen LogP contribution in [0.3, 0.4) is 0 Å². The third-order valence-electron chi connectivity index (χ3n) is 7.23. The lowest BCUT2D eigenvalue weighted by molar-refractivity contribution is -0.152. The van der Waals surface area contributed by atoms with E-state index in [4.69, 9.17) is 20.7 Å². The average molecular weight is 646 g/mol. The van der Waals surface area contributed by atoms with E-state index in [9.17, 15) is 28.8 Å². The minimum atomic E-state index is -1.54. The summed E-state index contributed by atoms with van der Waals surface area (Å²) in [5.74, 6) is -5.22. The number of amides is 3. The number of aliphatic carboxylic acids is 1. The molecule has 0 spiro atoms. The molecule has 5 N–H and O–H groups in total. The maximum Gasteiger partial charge on any atom is 0.413 e.